The highest BCUT2D eigenvalue weighted by Crippen LogP contribution is 2.21. The lowest BCUT2D eigenvalue weighted by atomic mass is 10.1. The van der Waals surface area contributed by atoms with Crippen LogP contribution in [0.25, 0.3) is 0 Å². The zero-order valence-corrected chi connectivity index (χ0v) is 11.8. The van der Waals surface area contributed by atoms with Gasteiger partial charge >= 0.3 is 0 Å². The first-order valence-electron chi connectivity index (χ1n) is 6.73. The van der Waals surface area contributed by atoms with E-state index in [2.05, 4.69) is 24.2 Å². The minimum absolute atomic E-state index is 0.501. The van der Waals surface area contributed by atoms with Crippen molar-refractivity contribution in [1.29, 1.82) is 0 Å². The third-order valence-electron chi connectivity index (χ3n) is 3.13. The maximum atomic E-state index is 9.06. The predicted octanol–water partition coefficient (Wildman–Crippen LogP) is 4.16. The molecule has 0 amide bonds. The Kier molecular flexibility index (Phi) is 4.77. The van der Waals surface area contributed by atoms with Gasteiger partial charge in [0.05, 0.1) is 5.71 Å². The zero-order valence-electron chi connectivity index (χ0n) is 11.8. The molecule has 2 aromatic rings. The number of hydrogen-bond acceptors (Lipinski definition) is 3. The van der Waals surface area contributed by atoms with Crippen molar-refractivity contribution in [3.05, 3.63) is 65.2 Å². The minimum atomic E-state index is 0.501. The standard InChI is InChI=1S/C17H19NO2/c1-3-16(18-19)15-9-4-5-10-17(15)20-12-14-8-6-7-13(2)11-14/h4-11,19H,3,12H2,1-2H3/b18-16+. The molecule has 2 rings (SSSR count). The first kappa shape index (κ1) is 14.1. The van der Waals surface area contributed by atoms with Crippen LogP contribution in [-0.2, 0) is 6.61 Å². The van der Waals surface area contributed by atoms with Crippen LogP contribution in [0, 0.1) is 6.92 Å². The van der Waals surface area contributed by atoms with Gasteiger partial charge < -0.3 is 9.94 Å². The molecule has 0 atom stereocenters. The van der Waals surface area contributed by atoms with E-state index in [1.807, 2.05) is 43.3 Å². The molecule has 104 valence electrons. The molecule has 0 heterocycles. The van der Waals surface area contributed by atoms with Crippen LogP contribution in [0.5, 0.6) is 5.75 Å². The monoisotopic (exact) mass is 269 g/mol. The molecule has 1 N–H and O–H groups in total. The molecular weight excluding hydrogens is 250 g/mol. The predicted molar refractivity (Wildman–Crippen MR) is 80.6 cm³/mol. The van der Waals surface area contributed by atoms with Gasteiger partial charge in [0.2, 0.25) is 0 Å². The molecule has 0 radical (unpaired) electrons. The molecule has 0 saturated carbocycles. The van der Waals surface area contributed by atoms with Crippen molar-refractivity contribution in [2.45, 2.75) is 26.9 Å². The van der Waals surface area contributed by atoms with E-state index in [4.69, 9.17) is 9.94 Å². The molecule has 3 nitrogen and oxygen atoms in total. The van der Waals surface area contributed by atoms with Gasteiger partial charge in [-0.3, -0.25) is 0 Å². The minimum Gasteiger partial charge on any atom is -0.488 e. The van der Waals surface area contributed by atoms with Crippen molar-refractivity contribution >= 4 is 5.71 Å². The summed E-state index contributed by atoms with van der Waals surface area (Å²) in [4.78, 5) is 0. The summed E-state index contributed by atoms with van der Waals surface area (Å²) in [6, 6.07) is 15.9. The van der Waals surface area contributed by atoms with Crippen LogP contribution in [0.1, 0.15) is 30.0 Å². The smallest absolute Gasteiger partial charge is 0.128 e. The summed E-state index contributed by atoms with van der Waals surface area (Å²) >= 11 is 0. The van der Waals surface area contributed by atoms with E-state index in [0.29, 0.717) is 18.7 Å². The molecule has 0 unspecified atom stereocenters. The Bertz CT molecular complexity index is 605. The Morgan fingerprint density at radius 1 is 1.15 bits per heavy atom. The third-order valence-corrected chi connectivity index (χ3v) is 3.13. The topological polar surface area (TPSA) is 41.8 Å². The van der Waals surface area contributed by atoms with Gasteiger partial charge in [0.1, 0.15) is 12.4 Å². The Hall–Kier alpha value is -2.29. The number of aryl methyl sites for hydroxylation is 1. The second-order valence-corrected chi connectivity index (χ2v) is 4.67. The summed E-state index contributed by atoms with van der Waals surface area (Å²) in [7, 11) is 0. The molecule has 2 aromatic carbocycles. The van der Waals surface area contributed by atoms with Crippen molar-refractivity contribution in [3.63, 3.8) is 0 Å². The highest BCUT2D eigenvalue weighted by Gasteiger charge is 2.09. The fourth-order valence-electron chi connectivity index (χ4n) is 2.11. The summed E-state index contributed by atoms with van der Waals surface area (Å²) in [5.74, 6) is 0.739. The molecule has 0 aliphatic rings. The first-order valence-corrected chi connectivity index (χ1v) is 6.73. The molecule has 20 heavy (non-hydrogen) atoms. The molecule has 0 aliphatic carbocycles. The van der Waals surface area contributed by atoms with E-state index in [1.165, 1.54) is 5.56 Å². The summed E-state index contributed by atoms with van der Waals surface area (Å²) in [6.07, 6.45) is 0.654. The van der Waals surface area contributed by atoms with Crippen LogP contribution in [0.3, 0.4) is 0 Å². The van der Waals surface area contributed by atoms with Gasteiger partial charge in [-0.15, -0.1) is 0 Å². The van der Waals surface area contributed by atoms with Crippen LogP contribution >= 0.6 is 0 Å². The SMILES string of the molecule is CC/C(=N\O)c1ccccc1OCc1cccc(C)c1. The van der Waals surface area contributed by atoms with Crippen LogP contribution < -0.4 is 4.74 Å². The van der Waals surface area contributed by atoms with Gasteiger partial charge in [0.25, 0.3) is 0 Å². The lowest BCUT2D eigenvalue weighted by Crippen LogP contribution is -2.04. The van der Waals surface area contributed by atoms with E-state index < -0.39 is 0 Å². The Balaban J connectivity index is 2.18. The van der Waals surface area contributed by atoms with Gasteiger partial charge in [0.15, 0.2) is 0 Å². The fraction of sp³-hybridized carbons (Fsp3) is 0.235. The quantitative estimate of drug-likeness (QED) is 0.503. The van der Waals surface area contributed by atoms with Gasteiger partial charge in [-0.2, -0.15) is 0 Å². The fourth-order valence-corrected chi connectivity index (χ4v) is 2.11. The Morgan fingerprint density at radius 3 is 2.65 bits per heavy atom. The summed E-state index contributed by atoms with van der Waals surface area (Å²) < 4.78 is 5.87. The van der Waals surface area contributed by atoms with E-state index in [9.17, 15) is 0 Å². The number of nitrogens with zero attached hydrogens (tertiary/aromatic N) is 1. The Labute approximate surface area is 119 Å². The van der Waals surface area contributed by atoms with Gasteiger partial charge in [0, 0.05) is 5.56 Å². The third kappa shape index (κ3) is 3.38. The highest BCUT2D eigenvalue weighted by molar-refractivity contribution is 6.02. The Morgan fingerprint density at radius 2 is 1.95 bits per heavy atom. The number of oxime groups is 1. The molecular formula is C17H19NO2. The van der Waals surface area contributed by atoms with Gasteiger partial charge in [-0.05, 0) is 31.0 Å². The van der Waals surface area contributed by atoms with E-state index in [1.54, 1.807) is 0 Å². The molecule has 0 spiro atoms. The number of rotatable bonds is 5. The summed E-state index contributed by atoms with van der Waals surface area (Å²) in [5, 5.41) is 12.4. The summed E-state index contributed by atoms with van der Waals surface area (Å²) in [5.41, 5.74) is 3.80. The normalized spacial score (nSPS) is 11.4. The van der Waals surface area contributed by atoms with Crippen molar-refractivity contribution in [1.82, 2.24) is 0 Å². The average Bonchev–Trinajstić information content (AvgIpc) is 2.48. The van der Waals surface area contributed by atoms with Crippen molar-refractivity contribution < 1.29 is 9.94 Å². The van der Waals surface area contributed by atoms with Crippen LogP contribution in [0.2, 0.25) is 0 Å². The van der Waals surface area contributed by atoms with Crippen LogP contribution in [0.4, 0.5) is 0 Å². The first-order chi connectivity index (χ1) is 9.74. The van der Waals surface area contributed by atoms with Crippen molar-refractivity contribution in [3.8, 4) is 5.75 Å². The largest absolute Gasteiger partial charge is 0.488 e. The van der Waals surface area contributed by atoms with Gasteiger partial charge in [-0.25, -0.2) is 0 Å². The number of hydrogen-bond donors (Lipinski definition) is 1. The maximum Gasteiger partial charge on any atom is 0.128 e. The van der Waals surface area contributed by atoms with Crippen LogP contribution in [-0.4, -0.2) is 10.9 Å². The molecule has 0 saturated heterocycles. The van der Waals surface area contributed by atoms with Crippen molar-refractivity contribution in [2.75, 3.05) is 0 Å². The lowest BCUT2D eigenvalue weighted by molar-refractivity contribution is 0.303. The molecule has 3 heteroatoms. The molecule has 0 fully saturated rings. The van der Waals surface area contributed by atoms with E-state index >= 15 is 0 Å². The van der Waals surface area contributed by atoms with Crippen LogP contribution in [0.15, 0.2) is 53.7 Å². The average molecular weight is 269 g/mol. The van der Waals surface area contributed by atoms with Gasteiger partial charge in [-0.1, -0.05) is 54.0 Å². The number of para-hydroxylation sites is 1. The molecule has 0 bridgehead atoms. The summed E-state index contributed by atoms with van der Waals surface area (Å²) in [6.45, 7) is 4.51. The van der Waals surface area contributed by atoms with Crippen molar-refractivity contribution in [2.24, 2.45) is 5.16 Å². The molecule has 0 aromatic heterocycles. The number of benzene rings is 2. The molecule has 0 aliphatic heterocycles. The second-order valence-electron chi connectivity index (χ2n) is 4.67. The van der Waals surface area contributed by atoms with E-state index in [-0.39, 0.29) is 0 Å². The maximum absolute atomic E-state index is 9.06. The van der Waals surface area contributed by atoms with E-state index in [0.717, 1.165) is 16.9 Å². The second kappa shape index (κ2) is 6.75. The number of ether oxygens (including phenoxy) is 1. The lowest BCUT2D eigenvalue weighted by Gasteiger charge is -2.12. The highest BCUT2D eigenvalue weighted by atomic mass is 16.5. The zero-order chi connectivity index (χ0) is 14.4.